The summed E-state index contributed by atoms with van der Waals surface area (Å²) < 4.78 is 0. The fraction of sp³-hybridized carbons (Fsp3) is 0.450. The highest BCUT2D eigenvalue weighted by molar-refractivity contribution is 5.93. The van der Waals surface area contributed by atoms with Crippen molar-refractivity contribution in [2.24, 2.45) is 0 Å². The summed E-state index contributed by atoms with van der Waals surface area (Å²) in [6.07, 6.45) is 3.52. The Balaban J connectivity index is 1.54. The van der Waals surface area contributed by atoms with Crippen LogP contribution in [-0.4, -0.2) is 53.5 Å². The molecule has 1 N–H and O–H groups in total. The van der Waals surface area contributed by atoms with E-state index in [4.69, 9.17) is 0 Å². The fourth-order valence-corrected chi connectivity index (χ4v) is 3.20. The Morgan fingerprint density at radius 1 is 1.04 bits per heavy atom. The van der Waals surface area contributed by atoms with E-state index in [0.29, 0.717) is 6.54 Å². The first-order chi connectivity index (χ1) is 12.4. The standard InChI is InChI=1S/C20H27N5O/c1-20(2,3)16-7-4-5-8-17(16)23-18(26)15-24-11-13-25(14-12-24)19-21-9-6-10-22-19/h4-10H,11-15H2,1-3H3,(H,23,26). The number of amides is 1. The maximum absolute atomic E-state index is 12.5. The average molecular weight is 353 g/mol. The molecule has 6 nitrogen and oxygen atoms in total. The van der Waals surface area contributed by atoms with Crippen LogP contribution in [0.1, 0.15) is 26.3 Å². The van der Waals surface area contributed by atoms with Gasteiger partial charge in [-0.1, -0.05) is 39.0 Å². The lowest BCUT2D eigenvalue weighted by Gasteiger charge is -2.34. The first-order valence-electron chi connectivity index (χ1n) is 9.07. The summed E-state index contributed by atoms with van der Waals surface area (Å²) in [6.45, 7) is 10.2. The second-order valence-corrected chi connectivity index (χ2v) is 7.66. The van der Waals surface area contributed by atoms with Gasteiger partial charge in [0.2, 0.25) is 11.9 Å². The minimum absolute atomic E-state index is 0.00875. The Kier molecular flexibility index (Phi) is 5.52. The topological polar surface area (TPSA) is 61.4 Å². The minimum atomic E-state index is -0.00875. The number of nitrogens with one attached hydrogen (secondary N) is 1. The molecular weight excluding hydrogens is 326 g/mol. The lowest BCUT2D eigenvalue weighted by Crippen LogP contribution is -2.49. The van der Waals surface area contributed by atoms with Crippen LogP contribution in [-0.2, 0) is 10.2 Å². The van der Waals surface area contributed by atoms with Gasteiger partial charge >= 0.3 is 0 Å². The van der Waals surface area contributed by atoms with Crippen LogP contribution in [0, 0.1) is 0 Å². The van der Waals surface area contributed by atoms with Crippen molar-refractivity contribution in [2.75, 3.05) is 42.9 Å². The molecule has 0 radical (unpaired) electrons. The van der Waals surface area contributed by atoms with E-state index < -0.39 is 0 Å². The number of para-hydroxylation sites is 1. The molecule has 1 fully saturated rings. The van der Waals surface area contributed by atoms with Crippen LogP contribution >= 0.6 is 0 Å². The van der Waals surface area contributed by atoms with Crippen molar-refractivity contribution in [2.45, 2.75) is 26.2 Å². The monoisotopic (exact) mass is 353 g/mol. The van der Waals surface area contributed by atoms with Crippen molar-refractivity contribution >= 4 is 17.5 Å². The maximum Gasteiger partial charge on any atom is 0.238 e. The molecule has 0 saturated carbocycles. The van der Waals surface area contributed by atoms with Gasteiger partial charge in [-0.05, 0) is 23.1 Å². The Morgan fingerprint density at radius 2 is 1.69 bits per heavy atom. The summed E-state index contributed by atoms with van der Waals surface area (Å²) >= 11 is 0. The smallest absolute Gasteiger partial charge is 0.238 e. The number of anilines is 2. The number of piperazine rings is 1. The van der Waals surface area contributed by atoms with Crippen molar-refractivity contribution < 1.29 is 4.79 Å². The lowest BCUT2D eigenvalue weighted by molar-refractivity contribution is -0.117. The number of nitrogens with zero attached hydrogens (tertiary/aromatic N) is 4. The molecule has 3 rings (SSSR count). The first-order valence-corrected chi connectivity index (χ1v) is 9.07. The Morgan fingerprint density at radius 3 is 2.35 bits per heavy atom. The molecule has 1 aromatic carbocycles. The normalized spacial score (nSPS) is 15.7. The van der Waals surface area contributed by atoms with Crippen LogP contribution < -0.4 is 10.2 Å². The second-order valence-electron chi connectivity index (χ2n) is 7.66. The molecule has 26 heavy (non-hydrogen) atoms. The van der Waals surface area contributed by atoms with E-state index in [9.17, 15) is 4.79 Å². The Labute approximate surface area is 155 Å². The quantitative estimate of drug-likeness (QED) is 0.915. The van der Waals surface area contributed by atoms with Gasteiger partial charge in [0.05, 0.1) is 6.54 Å². The summed E-state index contributed by atoms with van der Waals surface area (Å²) in [7, 11) is 0. The van der Waals surface area contributed by atoms with Gasteiger partial charge in [0.15, 0.2) is 0 Å². The highest BCUT2D eigenvalue weighted by atomic mass is 16.2. The number of benzene rings is 1. The van der Waals surface area contributed by atoms with Gasteiger partial charge in [-0.25, -0.2) is 9.97 Å². The van der Waals surface area contributed by atoms with Gasteiger partial charge < -0.3 is 10.2 Å². The van der Waals surface area contributed by atoms with Crippen LogP contribution in [0.3, 0.4) is 0 Å². The highest BCUT2D eigenvalue weighted by Gasteiger charge is 2.22. The fourth-order valence-electron chi connectivity index (χ4n) is 3.20. The Bertz CT molecular complexity index is 733. The SMILES string of the molecule is CC(C)(C)c1ccccc1NC(=O)CN1CCN(c2ncccn2)CC1. The van der Waals surface area contributed by atoms with Crippen LogP contribution in [0.25, 0.3) is 0 Å². The first kappa shape index (κ1) is 18.3. The predicted octanol–water partition coefficient (Wildman–Crippen LogP) is 2.53. The van der Waals surface area contributed by atoms with Crippen LogP contribution in [0.2, 0.25) is 0 Å². The van der Waals surface area contributed by atoms with Gasteiger partial charge in [-0.2, -0.15) is 0 Å². The molecule has 0 atom stereocenters. The largest absolute Gasteiger partial charge is 0.338 e. The van der Waals surface area contributed by atoms with E-state index in [2.05, 4.69) is 51.9 Å². The summed E-state index contributed by atoms with van der Waals surface area (Å²) in [4.78, 5) is 25.4. The third kappa shape index (κ3) is 4.58. The molecular formula is C20H27N5O. The zero-order chi connectivity index (χ0) is 18.6. The third-order valence-corrected chi connectivity index (χ3v) is 4.58. The van der Waals surface area contributed by atoms with Gasteiger partial charge in [0.25, 0.3) is 0 Å². The van der Waals surface area contributed by atoms with Crippen LogP contribution in [0.4, 0.5) is 11.6 Å². The molecule has 2 heterocycles. The van der Waals surface area contributed by atoms with E-state index in [1.165, 1.54) is 0 Å². The summed E-state index contributed by atoms with van der Waals surface area (Å²) in [5, 5.41) is 3.09. The molecule has 0 unspecified atom stereocenters. The summed E-state index contributed by atoms with van der Waals surface area (Å²) in [5.41, 5.74) is 2.05. The van der Waals surface area contributed by atoms with Gasteiger partial charge in [0, 0.05) is 44.3 Å². The zero-order valence-corrected chi connectivity index (χ0v) is 15.8. The highest BCUT2D eigenvalue weighted by Crippen LogP contribution is 2.29. The van der Waals surface area contributed by atoms with Gasteiger partial charge in [-0.3, -0.25) is 9.69 Å². The summed E-state index contributed by atoms with van der Waals surface area (Å²) in [6, 6.07) is 9.85. The van der Waals surface area contributed by atoms with Gasteiger partial charge in [0.1, 0.15) is 0 Å². The molecule has 0 spiro atoms. The minimum Gasteiger partial charge on any atom is -0.338 e. The average Bonchev–Trinajstić information content (AvgIpc) is 2.62. The number of hydrogen-bond donors (Lipinski definition) is 1. The number of carbonyl (C=O) groups excluding carboxylic acids is 1. The van der Waals surface area contributed by atoms with E-state index in [1.807, 2.05) is 24.3 Å². The van der Waals surface area contributed by atoms with Crippen molar-refractivity contribution in [3.63, 3.8) is 0 Å². The molecule has 1 aromatic heterocycles. The maximum atomic E-state index is 12.5. The van der Waals surface area contributed by atoms with Gasteiger partial charge in [-0.15, -0.1) is 0 Å². The lowest BCUT2D eigenvalue weighted by atomic mass is 9.86. The predicted molar refractivity (Wildman–Crippen MR) is 104 cm³/mol. The molecule has 0 bridgehead atoms. The van der Waals surface area contributed by atoms with Crippen molar-refractivity contribution in [3.8, 4) is 0 Å². The number of rotatable bonds is 4. The number of hydrogen-bond acceptors (Lipinski definition) is 5. The van der Waals surface area contributed by atoms with E-state index in [-0.39, 0.29) is 11.3 Å². The molecule has 1 saturated heterocycles. The van der Waals surface area contributed by atoms with E-state index in [1.54, 1.807) is 12.4 Å². The van der Waals surface area contributed by atoms with Crippen LogP contribution in [0.5, 0.6) is 0 Å². The molecule has 6 heteroatoms. The van der Waals surface area contributed by atoms with Crippen molar-refractivity contribution in [3.05, 3.63) is 48.3 Å². The third-order valence-electron chi connectivity index (χ3n) is 4.58. The van der Waals surface area contributed by atoms with Crippen molar-refractivity contribution in [1.82, 2.24) is 14.9 Å². The molecule has 0 aliphatic carbocycles. The van der Waals surface area contributed by atoms with E-state index in [0.717, 1.165) is 43.4 Å². The second kappa shape index (κ2) is 7.83. The molecule has 1 amide bonds. The van der Waals surface area contributed by atoms with Crippen LogP contribution in [0.15, 0.2) is 42.7 Å². The van der Waals surface area contributed by atoms with E-state index >= 15 is 0 Å². The molecule has 1 aliphatic rings. The van der Waals surface area contributed by atoms with Crippen molar-refractivity contribution in [1.29, 1.82) is 0 Å². The molecule has 1 aliphatic heterocycles. The molecule has 138 valence electrons. The molecule has 2 aromatic rings. The Hall–Kier alpha value is -2.47. The number of carbonyl (C=O) groups is 1. The zero-order valence-electron chi connectivity index (χ0n) is 15.8. The number of aromatic nitrogens is 2. The summed E-state index contributed by atoms with van der Waals surface area (Å²) in [5.74, 6) is 0.793.